The third-order valence-electron chi connectivity index (χ3n) is 3.07. The number of likely N-dealkylation sites (tertiary alicyclic amines) is 1. The molecule has 1 amide bonds. The van der Waals surface area contributed by atoms with Crippen LogP contribution in [0.25, 0.3) is 4.98 Å². The van der Waals surface area contributed by atoms with Gasteiger partial charge in [0.2, 0.25) is 11.2 Å². The van der Waals surface area contributed by atoms with Gasteiger partial charge in [0, 0.05) is 12.1 Å². The Morgan fingerprint density at radius 3 is 2.83 bits per heavy atom. The van der Waals surface area contributed by atoms with Gasteiger partial charge in [-0.1, -0.05) is 18.2 Å². The van der Waals surface area contributed by atoms with Crippen LogP contribution in [0.4, 0.5) is 0 Å². The molecule has 1 aliphatic heterocycles. The maximum Gasteiger partial charge on any atom is 0.389 e. The molecule has 0 aliphatic carbocycles. The first-order chi connectivity index (χ1) is 8.74. The van der Waals surface area contributed by atoms with Crippen LogP contribution in [0.3, 0.4) is 0 Å². The van der Waals surface area contributed by atoms with E-state index in [1.54, 1.807) is 29.2 Å². The number of aliphatic hydroxyl groups is 1. The molecule has 0 radical (unpaired) electrons. The molecular weight excluding hydrogens is 230 g/mol. The summed E-state index contributed by atoms with van der Waals surface area (Å²) < 4.78 is 0. The molecule has 0 saturated carbocycles. The van der Waals surface area contributed by atoms with Gasteiger partial charge in [-0.2, -0.15) is 0 Å². The first-order valence-electron chi connectivity index (χ1n) is 5.83. The number of benzene rings is 1. The van der Waals surface area contributed by atoms with Gasteiger partial charge in [-0.05, 0) is 25.0 Å². The fourth-order valence-corrected chi connectivity index (χ4v) is 2.21. The minimum absolute atomic E-state index is 0.0840. The molecule has 0 bridgehead atoms. The van der Waals surface area contributed by atoms with E-state index in [2.05, 4.69) is 4.98 Å². The average molecular weight is 244 g/mol. The largest absolute Gasteiger partial charge is 0.504 e. The van der Waals surface area contributed by atoms with E-state index in [1.807, 2.05) is 6.07 Å². The molecule has 5 heteroatoms. The molecule has 1 unspecified atom stereocenters. The van der Waals surface area contributed by atoms with E-state index in [0.717, 1.165) is 12.6 Å². The lowest BCUT2D eigenvalue weighted by molar-refractivity contribution is 0.0729. The van der Waals surface area contributed by atoms with Gasteiger partial charge < -0.3 is 10.0 Å². The number of diazo groups is 1. The van der Waals surface area contributed by atoms with E-state index in [1.165, 1.54) is 0 Å². The third-order valence-corrected chi connectivity index (χ3v) is 3.07. The van der Waals surface area contributed by atoms with Crippen LogP contribution in [0.5, 0.6) is 0 Å². The molecule has 1 heterocycles. The van der Waals surface area contributed by atoms with Crippen LogP contribution in [-0.2, 0) is 0 Å². The van der Waals surface area contributed by atoms with Gasteiger partial charge in [0.25, 0.3) is 5.91 Å². The van der Waals surface area contributed by atoms with Gasteiger partial charge in [0.1, 0.15) is 0 Å². The molecule has 1 N–H and O–H groups in total. The van der Waals surface area contributed by atoms with E-state index >= 15 is 0 Å². The molecule has 1 atom stereocenters. The smallest absolute Gasteiger partial charge is 0.389 e. The highest BCUT2D eigenvalue weighted by atomic mass is 16.3. The highest BCUT2D eigenvalue weighted by Crippen LogP contribution is 2.24. The first-order valence-corrected chi connectivity index (χ1v) is 5.83. The van der Waals surface area contributed by atoms with Crippen molar-refractivity contribution in [2.24, 2.45) is 0 Å². The van der Waals surface area contributed by atoms with Crippen molar-refractivity contribution in [3.63, 3.8) is 0 Å². The van der Waals surface area contributed by atoms with Crippen LogP contribution in [0, 0.1) is 5.39 Å². The molecule has 92 valence electrons. The van der Waals surface area contributed by atoms with Gasteiger partial charge >= 0.3 is 6.20 Å². The lowest BCUT2D eigenvalue weighted by Crippen LogP contribution is -2.36. The fraction of sp³-hybridized carbons (Fsp3) is 0.308. The van der Waals surface area contributed by atoms with Crippen molar-refractivity contribution in [3.05, 3.63) is 52.8 Å². The van der Waals surface area contributed by atoms with Crippen LogP contribution >= 0.6 is 0 Å². The average Bonchev–Trinajstić information content (AvgIpc) is 2.88. The normalized spacial score (nSPS) is 19.6. The van der Waals surface area contributed by atoms with Crippen LogP contribution in [0.2, 0.25) is 0 Å². The minimum Gasteiger partial charge on any atom is -0.504 e. The Hall–Kier alpha value is -2.35. The van der Waals surface area contributed by atoms with Gasteiger partial charge in [0.15, 0.2) is 4.98 Å². The monoisotopic (exact) mass is 244 g/mol. The van der Waals surface area contributed by atoms with Crippen LogP contribution in [0.1, 0.15) is 23.2 Å². The summed E-state index contributed by atoms with van der Waals surface area (Å²) in [6.45, 7) is 0.599. The molecule has 1 aromatic carbocycles. The molecule has 0 aromatic heterocycles. The Labute approximate surface area is 105 Å². The van der Waals surface area contributed by atoms with E-state index < -0.39 is 6.04 Å². The summed E-state index contributed by atoms with van der Waals surface area (Å²) in [6, 6.07) is 8.55. The molecular formula is C13H14N3O2+. The quantitative estimate of drug-likeness (QED) is 0.642. The Kier molecular flexibility index (Phi) is 3.58. The summed E-state index contributed by atoms with van der Waals surface area (Å²) in [5.74, 6) is -0.199. The van der Waals surface area contributed by atoms with Crippen molar-refractivity contribution in [3.8, 4) is 0 Å². The number of nitrogens with zero attached hydrogens (tertiary/aromatic N) is 3. The zero-order valence-corrected chi connectivity index (χ0v) is 9.86. The maximum absolute atomic E-state index is 12.3. The molecule has 1 aromatic rings. The SMILES string of the molecule is N#[N+]/C=C(/O)C1CCCN1C(=O)c1ccccc1. The first kappa shape index (κ1) is 12.1. The molecule has 18 heavy (non-hydrogen) atoms. The minimum atomic E-state index is -0.395. The molecule has 0 spiro atoms. The van der Waals surface area contributed by atoms with Crippen LogP contribution in [0.15, 0.2) is 42.3 Å². The van der Waals surface area contributed by atoms with Crippen molar-refractivity contribution in [2.75, 3.05) is 6.54 Å². The highest BCUT2D eigenvalue weighted by Gasteiger charge is 2.33. The predicted octanol–water partition coefficient (Wildman–Crippen LogP) is 2.54. The number of aliphatic hydroxyl groups excluding tert-OH is 1. The second-order valence-electron chi connectivity index (χ2n) is 4.19. The third kappa shape index (κ3) is 2.33. The molecule has 1 saturated heterocycles. The van der Waals surface area contributed by atoms with Crippen molar-refractivity contribution >= 4 is 5.91 Å². The second kappa shape index (κ2) is 5.32. The molecule has 1 aliphatic rings. The van der Waals surface area contributed by atoms with Crippen molar-refractivity contribution in [1.82, 2.24) is 4.90 Å². The Morgan fingerprint density at radius 1 is 1.44 bits per heavy atom. The van der Waals surface area contributed by atoms with Crippen LogP contribution in [-0.4, -0.2) is 28.5 Å². The Bertz CT molecular complexity index is 505. The molecule has 2 rings (SSSR count). The number of hydrogen-bond acceptors (Lipinski definition) is 3. The van der Waals surface area contributed by atoms with Gasteiger partial charge in [0.05, 0.1) is 6.04 Å². The van der Waals surface area contributed by atoms with E-state index in [4.69, 9.17) is 5.39 Å². The Morgan fingerprint density at radius 2 is 2.17 bits per heavy atom. The van der Waals surface area contributed by atoms with Crippen molar-refractivity contribution in [1.29, 1.82) is 5.39 Å². The summed E-state index contributed by atoms with van der Waals surface area (Å²) in [5.41, 5.74) is 0.595. The second-order valence-corrected chi connectivity index (χ2v) is 4.19. The van der Waals surface area contributed by atoms with E-state index in [0.29, 0.717) is 18.5 Å². The summed E-state index contributed by atoms with van der Waals surface area (Å²) in [7, 11) is 0. The topological polar surface area (TPSA) is 68.7 Å². The Balaban J connectivity index is 2.21. The lowest BCUT2D eigenvalue weighted by atomic mass is 10.1. The predicted molar refractivity (Wildman–Crippen MR) is 66.3 cm³/mol. The lowest BCUT2D eigenvalue weighted by Gasteiger charge is -2.22. The standard InChI is InChI=1S/C13H13N3O2/c14-15-9-12(17)11-7-4-8-16(11)13(18)10-5-2-1-3-6-10/h1-3,5-6,9,11H,4,7-8H2/p+1/b12-9+. The van der Waals surface area contributed by atoms with Crippen molar-refractivity contribution < 1.29 is 9.90 Å². The van der Waals surface area contributed by atoms with E-state index in [9.17, 15) is 9.90 Å². The zero-order valence-electron chi connectivity index (χ0n) is 9.86. The van der Waals surface area contributed by atoms with Gasteiger partial charge in [-0.3, -0.25) is 4.79 Å². The van der Waals surface area contributed by atoms with Gasteiger partial charge in [-0.25, -0.2) is 0 Å². The van der Waals surface area contributed by atoms with Gasteiger partial charge in [-0.15, -0.1) is 0 Å². The number of rotatable bonds is 2. The van der Waals surface area contributed by atoms with Crippen LogP contribution < -0.4 is 0 Å². The maximum atomic E-state index is 12.3. The summed E-state index contributed by atoms with van der Waals surface area (Å²) >= 11 is 0. The number of carbonyl (C=O) groups is 1. The summed E-state index contributed by atoms with van der Waals surface area (Å²) in [4.78, 5) is 16.7. The van der Waals surface area contributed by atoms with E-state index in [-0.39, 0.29) is 11.7 Å². The number of carbonyl (C=O) groups excluding carboxylic acids is 1. The van der Waals surface area contributed by atoms with Crippen molar-refractivity contribution in [2.45, 2.75) is 18.9 Å². The molecule has 1 fully saturated rings. The molecule has 5 nitrogen and oxygen atoms in total. The number of amides is 1. The zero-order chi connectivity index (χ0) is 13.0. The number of hydrogen-bond donors (Lipinski definition) is 1. The highest BCUT2D eigenvalue weighted by molar-refractivity contribution is 5.94. The summed E-state index contributed by atoms with van der Waals surface area (Å²) in [5, 5.41) is 18.2. The fourth-order valence-electron chi connectivity index (χ4n) is 2.21. The summed E-state index contributed by atoms with van der Waals surface area (Å²) in [6.07, 6.45) is 2.48.